The molecule has 0 unspecified atom stereocenters. The molecule has 176 valence electrons. The number of halogens is 3. The Balaban J connectivity index is 0.00000289. The van der Waals surface area contributed by atoms with E-state index in [4.69, 9.17) is 15.2 Å². The second-order valence-corrected chi connectivity index (χ2v) is 8.31. The first-order valence-electron chi connectivity index (χ1n) is 10.5. The van der Waals surface area contributed by atoms with Gasteiger partial charge in [0.25, 0.3) is 0 Å². The summed E-state index contributed by atoms with van der Waals surface area (Å²) in [5, 5.41) is 2.65. The number of hydrogen-bond donors (Lipinski definition) is 2. The van der Waals surface area contributed by atoms with E-state index in [2.05, 4.69) is 5.32 Å². The summed E-state index contributed by atoms with van der Waals surface area (Å²) in [6.45, 7) is 0.104. The summed E-state index contributed by atoms with van der Waals surface area (Å²) >= 11 is 0. The monoisotopic (exact) mass is 470 g/mol. The van der Waals surface area contributed by atoms with Crippen molar-refractivity contribution in [2.45, 2.75) is 24.4 Å². The molecule has 0 bridgehead atoms. The topological polar surface area (TPSA) is 90.7 Å². The van der Waals surface area contributed by atoms with Gasteiger partial charge in [0, 0.05) is 12.7 Å². The Hall–Kier alpha value is -4.01. The Kier molecular flexibility index (Phi) is 5.00. The molecule has 6 nitrogen and oxygen atoms in total. The highest BCUT2D eigenvalue weighted by Gasteiger charge is 2.51. The number of benzene rings is 3. The lowest BCUT2D eigenvalue weighted by molar-refractivity contribution is -0.137. The molecule has 5 rings (SSSR count). The number of rotatable bonds is 5. The number of ether oxygens (including phenoxy) is 2. The molecule has 2 aliphatic rings. The average molecular weight is 470 g/mol. The minimum atomic E-state index is -4.69. The van der Waals surface area contributed by atoms with E-state index in [1.807, 2.05) is 0 Å². The highest BCUT2D eigenvalue weighted by atomic mass is 19.4. The van der Waals surface area contributed by atoms with Crippen molar-refractivity contribution in [1.82, 2.24) is 0 Å². The van der Waals surface area contributed by atoms with Crippen LogP contribution in [-0.2, 0) is 16.4 Å². The predicted octanol–water partition coefficient (Wildman–Crippen LogP) is 5.12. The molecule has 9 heteroatoms. The molecule has 1 aliphatic heterocycles. The van der Waals surface area contributed by atoms with E-state index in [1.165, 1.54) is 36.4 Å². The Bertz CT molecular complexity index is 1320. The molecule has 0 aromatic heterocycles. The van der Waals surface area contributed by atoms with Crippen molar-refractivity contribution in [2.24, 2.45) is 5.73 Å². The van der Waals surface area contributed by atoms with Crippen LogP contribution in [0, 0.1) is 0 Å². The van der Waals surface area contributed by atoms with Crippen LogP contribution in [-0.4, -0.2) is 18.6 Å². The summed E-state index contributed by atoms with van der Waals surface area (Å²) in [6, 6.07) is 14.5. The average Bonchev–Trinajstić information content (AvgIpc) is 3.49. The number of nitrogens with two attached hydrogens (primary N) is 1. The number of fused-ring (bicyclic) bond motifs is 1. The lowest BCUT2D eigenvalue weighted by Gasteiger charge is -2.19. The van der Waals surface area contributed by atoms with Crippen LogP contribution in [0.5, 0.6) is 11.5 Å². The summed E-state index contributed by atoms with van der Waals surface area (Å²) in [5.74, 6) is 0.00440. The molecule has 0 spiro atoms. The maximum absolute atomic E-state index is 13.9. The molecule has 3 aromatic rings. The van der Waals surface area contributed by atoms with Crippen molar-refractivity contribution in [3.63, 3.8) is 0 Å². The van der Waals surface area contributed by atoms with Gasteiger partial charge in [-0.2, -0.15) is 13.2 Å². The number of alkyl halides is 3. The SMILES string of the molecule is NC(=O)c1cccc(-c2ccc(NC(=O)C3(c4ccc5c(c4)OCO5)CC3)cc2C(F)(F)F)c1.[HH]. The molecular formula is C25H21F3N2O4. The summed E-state index contributed by atoms with van der Waals surface area (Å²) in [6.07, 6.45) is -3.54. The van der Waals surface area contributed by atoms with Gasteiger partial charge in [0.15, 0.2) is 11.5 Å². The largest absolute Gasteiger partial charge is 0.454 e. The van der Waals surface area contributed by atoms with E-state index in [0.29, 0.717) is 24.3 Å². The highest BCUT2D eigenvalue weighted by Crippen LogP contribution is 2.51. The first kappa shape index (κ1) is 21.8. The fraction of sp³-hybridized carbons (Fsp3) is 0.200. The zero-order chi connectivity index (χ0) is 24.1. The minimum absolute atomic E-state index is 0. The molecule has 2 amide bonds. The van der Waals surface area contributed by atoms with Crippen LogP contribution in [0.2, 0.25) is 0 Å². The summed E-state index contributed by atoms with van der Waals surface area (Å²) in [4.78, 5) is 24.6. The van der Waals surface area contributed by atoms with Crippen molar-refractivity contribution < 1.29 is 33.7 Å². The van der Waals surface area contributed by atoms with Crippen molar-refractivity contribution in [2.75, 3.05) is 12.1 Å². The molecule has 1 heterocycles. The number of anilines is 1. The molecule has 3 aromatic carbocycles. The first-order valence-corrected chi connectivity index (χ1v) is 10.5. The summed E-state index contributed by atoms with van der Waals surface area (Å²) < 4.78 is 52.4. The van der Waals surface area contributed by atoms with E-state index in [0.717, 1.165) is 11.6 Å². The second-order valence-electron chi connectivity index (χ2n) is 8.31. The van der Waals surface area contributed by atoms with E-state index in [1.54, 1.807) is 18.2 Å². The van der Waals surface area contributed by atoms with Crippen LogP contribution in [0.25, 0.3) is 11.1 Å². The molecule has 3 N–H and O–H groups in total. The molecule has 34 heavy (non-hydrogen) atoms. The van der Waals surface area contributed by atoms with Crippen LogP contribution >= 0.6 is 0 Å². The van der Waals surface area contributed by atoms with Crippen LogP contribution < -0.4 is 20.5 Å². The number of nitrogens with one attached hydrogen (secondary N) is 1. The Morgan fingerprint density at radius 1 is 0.971 bits per heavy atom. The standard InChI is InChI=1S/C25H19F3N2O4.H2/c26-25(27,28)19-12-17(5-6-18(19)14-2-1-3-15(10-14)22(29)31)30-23(32)24(8-9-24)16-4-7-20-21(11-16)34-13-33-20;/h1-7,10-12H,8-9,13H2,(H2,29,31)(H,30,32);1H. The number of amides is 2. The molecule has 0 atom stereocenters. The smallest absolute Gasteiger partial charge is 0.417 e. The molecule has 0 radical (unpaired) electrons. The number of carbonyl (C=O) groups is 2. The normalized spacial score (nSPS) is 15.6. The molecule has 1 saturated carbocycles. The van der Waals surface area contributed by atoms with E-state index < -0.39 is 23.1 Å². The predicted molar refractivity (Wildman–Crippen MR) is 120 cm³/mol. The quantitative estimate of drug-likeness (QED) is 0.542. The maximum atomic E-state index is 13.9. The van der Waals surface area contributed by atoms with Gasteiger partial charge in [-0.15, -0.1) is 0 Å². The third kappa shape index (κ3) is 3.83. The van der Waals surface area contributed by atoms with Crippen LogP contribution in [0.1, 0.15) is 35.8 Å². The third-order valence-electron chi connectivity index (χ3n) is 6.15. The number of hydrogen-bond acceptors (Lipinski definition) is 4. The lowest BCUT2D eigenvalue weighted by Crippen LogP contribution is -2.28. The molecule has 1 aliphatic carbocycles. The van der Waals surface area contributed by atoms with Gasteiger partial charge in [0.2, 0.25) is 18.6 Å². The molecule has 1 fully saturated rings. The molecule has 0 saturated heterocycles. The van der Waals surface area contributed by atoms with E-state index in [9.17, 15) is 22.8 Å². The minimum Gasteiger partial charge on any atom is -0.454 e. The Morgan fingerprint density at radius 3 is 2.44 bits per heavy atom. The van der Waals surface area contributed by atoms with Crippen LogP contribution in [0.4, 0.5) is 18.9 Å². The zero-order valence-corrected chi connectivity index (χ0v) is 17.7. The van der Waals surface area contributed by atoms with Gasteiger partial charge in [-0.3, -0.25) is 9.59 Å². The second kappa shape index (κ2) is 7.79. The van der Waals surface area contributed by atoms with Gasteiger partial charge in [0.05, 0.1) is 11.0 Å². The zero-order valence-electron chi connectivity index (χ0n) is 17.7. The van der Waals surface area contributed by atoms with Crippen LogP contribution in [0.3, 0.4) is 0 Å². The summed E-state index contributed by atoms with van der Waals surface area (Å²) in [5.41, 5.74) is 4.44. The van der Waals surface area contributed by atoms with Crippen LogP contribution in [0.15, 0.2) is 60.7 Å². The van der Waals surface area contributed by atoms with Gasteiger partial charge in [-0.05, 0) is 65.9 Å². The lowest BCUT2D eigenvalue weighted by atomic mass is 9.94. The number of primary amides is 1. The highest BCUT2D eigenvalue weighted by molar-refractivity contribution is 6.02. The van der Waals surface area contributed by atoms with E-state index in [-0.39, 0.29) is 36.5 Å². The van der Waals surface area contributed by atoms with Gasteiger partial charge in [-0.25, -0.2) is 0 Å². The van der Waals surface area contributed by atoms with Crippen molar-refractivity contribution in [1.29, 1.82) is 0 Å². The van der Waals surface area contributed by atoms with Crippen molar-refractivity contribution >= 4 is 17.5 Å². The number of carbonyl (C=O) groups excluding carboxylic acids is 2. The maximum Gasteiger partial charge on any atom is 0.417 e. The summed E-state index contributed by atoms with van der Waals surface area (Å²) in [7, 11) is 0. The first-order chi connectivity index (χ1) is 16.2. The van der Waals surface area contributed by atoms with Gasteiger partial charge in [-0.1, -0.05) is 24.3 Å². The third-order valence-corrected chi connectivity index (χ3v) is 6.15. The molecular weight excluding hydrogens is 449 g/mol. The van der Waals surface area contributed by atoms with Gasteiger partial charge in [0.1, 0.15) is 0 Å². The van der Waals surface area contributed by atoms with Gasteiger partial charge < -0.3 is 20.5 Å². The van der Waals surface area contributed by atoms with Gasteiger partial charge >= 0.3 is 6.18 Å². The fourth-order valence-corrected chi connectivity index (χ4v) is 4.17. The van der Waals surface area contributed by atoms with Crippen molar-refractivity contribution in [3.8, 4) is 22.6 Å². The van der Waals surface area contributed by atoms with Crippen molar-refractivity contribution in [3.05, 3.63) is 77.4 Å². The Labute approximate surface area is 194 Å². The Morgan fingerprint density at radius 2 is 1.74 bits per heavy atom. The fourth-order valence-electron chi connectivity index (χ4n) is 4.17. The van der Waals surface area contributed by atoms with E-state index >= 15 is 0 Å².